The van der Waals surface area contributed by atoms with Crippen molar-refractivity contribution in [3.05, 3.63) is 17.4 Å². The number of aromatic nitrogens is 2. The van der Waals surface area contributed by atoms with Gasteiger partial charge in [-0.05, 0) is 12.8 Å². The van der Waals surface area contributed by atoms with E-state index in [1.807, 2.05) is 0 Å². The fourth-order valence-corrected chi connectivity index (χ4v) is 2.78. The largest absolute Gasteiger partial charge is 0.390 e. The summed E-state index contributed by atoms with van der Waals surface area (Å²) in [6.45, 7) is 3.61. The van der Waals surface area contributed by atoms with Crippen LogP contribution in [0.5, 0.6) is 0 Å². The van der Waals surface area contributed by atoms with Crippen LogP contribution in [0.25, 0.3) is 0 Å². The fraction of sp³-hybridized carbons (Fsp3) is 0.667. The lowest BCUT2D eigenvalue weighted by Crippen LogP contribution is -2.57. The first-order chi connectivity index (χ1) is 8.72. The minimum Gasteiger partial charge on any atom is -0.390 e. The average Bonchev–Trinajstić information content (AvgIpc) is 2.36. The highest BCUT2D eigenvalue weighted by Gasteiger charge is 2.33. The van der Waals surface area contributed by atoms with Crippen molar-refractivity contribution in [2.24, 2.45) is 0 Å². The van der Waals surface area contributed by atoms with Gasteiger partial charge in [-0.2, -0.15) is 0 Å². The molecular weight excluding hydrogens is 252 g/mol. The van der Waals surface area contributed by atoms with Crippen molar-refractivity contribution in [3.8, 4) is 0 Å². The number of hydrogen-bond donors (Lipinski definition) is 1. The highest BCUT2D eigenvalue weighted by Crippen LogP contribution is 2.23. The lowest BCUT2D eigenvalue weighted by atomic mass is 9.99. The molecule has 0 aliphatic carbocycles. The first kappa shape index (κ1) is 12.1. The Morgan fingerprint density at radius 1 is 1.17 bits per heavy atom. The van der Waals surface area contributed by atoms with Crippen LogP contribution in [-0.2, 0) is 0 Å². The van der Waals surface area contributed by atoms with Crippen molar-refractivity contribution in [2.75, 3.05) is 31.1 Å². The monoisotopic (exact) mass is 268 g/mol. The molecule has 0 atom stereocenters. The van der Waals surface area contributed by atoms with E-state index >= 15 is 0 Å². The van der Waals surface area contributed by atoms with Crippen molar-refractivity contribution < 1.29 is 5.11 Å². The normalized spacial score (nSPS) is 23.1. The Morgan fingerprint density at radius 3 is 2.33 bits per heavy atom. The Hall–Kier alpha value is -0.910. The number of aliphatic hydroxyl groups is 1. The molecule has 2 saturated heterocycles. The maximum absolute atomic E-state index is 9.32. The number of piperidine rings is 1. The molecule has 2 aliphatic heterocycles. The minimum atomic E-state index is -0.109. The van der Waals surface area contributed by atoms with E-state index < -0.39 is 0 Å². The summed E-state index contributed by atoms with van der Waals surface area (Å²) in [5.41, 5.74) is 0. The summed E-state index contributed by atoms with van der Waals surface area (Å²) in [6.07, 6.45) is 5.39. The SMILES string of the molecule is OC1CN(C2CCN(c3ncc(Cl)cn3)CC2)C1. The summed E-state index contributed by atoms with van der Waals surface area (Å²) in [5, 5.41) is 9.89. The summed E-state index contributed by atoms with van der Waals surface area (Å²) in [6, 6.07) is 0.608. The van der Waals surface area contributed by atoms with Gasteiger partial charge in [-0.1, -0.05) is 11.6 Å². The van der Waals surface area contributed by atoms with E-state index in [1.54, 1.807) is 12.4 Å². The van der Waals surface area contributed by atoms with E-state index in [0.717, 1.165) is 45.0 Å². The molecule has 2 aliphatic rings. The maximum Gasteiger partial charge on any atom is 0.225 e. The lowest BCUT2D eigenvalue weighted by Gasteiger charge is -2.45. The van der Waals surface area contributed by atoms with E-state index in [9.17, 15) is 5.11 Å². The Balaban J connectivity index is 1.55. The molecule has 2 fully saturated rings. The van der Waals surface area contributed by atoms with Gasteiger partial charge in [0, 0.05) is 32.2 Å². The predicted octanol–water partition coefficient (Wildman–Crippen LogP) is 0.775. The molecule has 1 N–H and O–H groups in total. The topological polar surface area (TPSA) is 52.5 Å². The van der Waals surface area contributed by atoms with Crippen molar-refractivity contribution in [1.29, 1.82) is 0 Å². The van der Waals surface area contributed by atoms with E-state index in [4.69, 9.17) is 11.6 Å². The quantitative estimate of drug-likeness (QED) is 0.859. The molecule has 1 aromatic heterocycles. The lowest BCUT2D eigenvalue weighted by molar-refractivity contribution is -0.0301. The fourth-order valence-electron chi connectivity index (χ4n) is 2.69. The summed E-state index contributed by atoms with van der Waals surface area (Å²) < 4.78 is 0. The molecule has 1 aromatic rings. The molecule has 0 amide bonds. The molecule has 3 heterocycles. The first-order valence-corrected chi connectivity index (χ1v) is 6.75. The van der Waals surface area contributed by atoms with Gasteiger partial charge in [0.2, 0.25) is 5.95 Å². The van der Waals surface area contributed by atoms with E-state index in [0.29, 0.717) is 11.1 Å². The smallest absolute Gasteiger partial charge is 0.225 e. The molecule has 5 nitrogen and oxygen atoms in total. The molecule has 0 spiro atoms. The second-order valence-corrected chi connectivity index (χ2v) is 5.46. The Labute approximate surface area is 111 Å². The molecule has 0 radical (unpaired) electrons. The number of rotatable bonds is 2. The van der Waals surface area contributed by atoms with Crippen LogP contribution in [0, 0.1) is 0 Å². The summed E-state index contributed by atoms with van der Waals surface area (Å²) in [4.78, 5) is 13.1. The number of halogens is 1. The highest BCUT2D eigenvalue weighted by atomic mass is 35.5. The second-order valence-electron chi connectivity index (χ2n) is 5.03. The van der Waals surface area contributed by atoms with Crippen LogP contribution in [0.3, 0.4) is 0 Å². The molecule has 98 valence electrons. The van der Waals surface area contributed by atoms with Crippen LogP contribution in [0.15, 0.2) is 12.4 Å². The predicted molar refractivity (Wildman–Crippen MR) is 69.9 cm³/mol. The number of β-amino-alcohol motifs (C(OH)–C–C–N with tert-alkyl or cyclic N) is 1. The average molecular weight is 269 g/mol. The third-order valence-electron chi connectivity index (χ3n) is 3.76. The van der Waals surface area contributed by atoms with Gasteiger partial charge in [0.15, 0.2) is 0 Å². The zero-order valence-corrected chi connectivity index (χ0v) is 10.9. The van der Waals surface area contributed by atoms with Gasteiger partial charge in [0.1, 0.15) is 0 Å². The number of aliphatic hydroxyl groups excluding tert-OH is 1. The van der Waals surface area contributed by atoms with Crippen LogP contribution in [0.4, 0.5) is 5.95 Å². The molecule has 0 unspecified atom stereocenters. The van der Waals surface area contributed by atoms with Gasteiger partial charge < -0.3 is 10.0 Å². The van der Waals surface area contributed by atoms with Crippen molar-refractivity contribution in [1.82, 2.24) is 14.9 Å². The van der Waals surface area contributed by atoms with Gasteiger partial charge in [-0.3, -0.25) is 4.90 Å². The summed E-state index contributed by atoms with van der Waals surface area (Å²) >= 11 is 5.78. The van der Waals surface area contributed by atoms with Gasteiger partial charge in [0.25, 0.3) is 0 Å². The molecule has 0 aromatic carbocycles. The highest BCUT2D eigenvalue weighted by molar-refractivity contribution is 6.30. The zero-order valence-electron chi connectivity index (χ0n) is 10.2. The summed E-state index contributed by atoms with van der Waals surface area (Å²) in [5.74, 6) is 0.765. The Bertz CT molecular complexity index is 399. The molecular formula is C12H17ClN4O. The molecule has 0 saturated carbocycles. The van der Waals surface area contributed by atoms with Crippen LogP contribution in [0.2, 0.25) is 5.02 Å². The third-order valence-corrected chi connectivity index (χ3v) is 3.96. The molecule has 0 bridgehead atoms. The van der Waals surface area contributed by atoms with Gasteiger partial charge in [-0.25, -0.2) is 9.97 Å². The standard InChI is InChI=1S/C12H17ClN4O/c13-9-5-14-12(15-6-9)16-3-1-10(2-4-16)17-7-11(18)8-17/h5-6,10-11,18H,1-4,7-8H2. The molecule has 18 heavy (non-hydrogen) atoms. The Kier molecular flexibility index (Phi) is 3.37. The number of nitrogens with zero attached hydrogens (tertiary/aromatic N) is 4. The van der Waals surface area contributed by atoms with Crippen molar-refractivity contribution >= 4 is 17.5 Å². The van der Waals surface area contributed by atoms with Crippen LogP contribution >= 0.6 is 11.6 Å². The van der Waals surface area contributed by atoms with Crippen molar-refractivity contribution in [2.45, 2.75) is 25.0 Å². The zero-order chi connectivity index (χ0) is 12.5. The Morgan fingerprint density at radius 2 is 1.78 bits per heavy atom. The second kappa shape index (κ2) is 4.99. The van der Waals surface area contributed by atoms with Crippen molar-refractivity contribution in [3.63, 3.8) is 0 Å². The maximum atomic E-state index is 9.32. The number of hydrogen-bond acceptors (Lipinski definition) is 5. The third kappa shape index (κ3) is 2.43. The van der Waals surface area contributed by atoms with Crippen LogP contribution in [-0.4, -0.2) is 58.3 Å². The molecule has 3 rings (SSSR count). The number of likely N-dealkylation sites (tertiary alicyclic amines) is 1. The minimum absolute atomic E-state index is 0.109. The van der Waals surface area contributed by atoms with E-state index in [2.05, 4.69) is 19.8 Å². The van der Waals surface area contributed by atoms with Crippen LogP contribution < -0.4 is 4.90 Å². The van der Waals surface area contributed by atoms with Crippen LogP contribution in [0.1, 0.15) is 12.8 Å². The first-order valence-electron chi connectivity index (χ1n) is 6.37. The van der Waals surface area contributed by atoms with Gasteiger partial charge in [-0.15, -0.1) is 0 Å². The van der Waals surface area contributed by atoms with Gasteiger partial charge in [0.05, 0.1) is 23.5 Å². The van der Waals surface area contributed by atoms with E-state index in [-0.39, 0.29) is 6.10 Å². The summed E-state index contributed by atoms with van der Waals surface area (Å²) in [7, 11) is 0. The van der Waals surface area contributed by atoms with E-state index in [1.165, 1.54) is 0 Å². The molecule has 6 heteroatoms. The van der Waals surface area contributed by atoms with Gasteiger partial charge >= 0.3 is 0 Å². The number of anilines is 1.